The van der Waals surface area contributed by atoms with E-state index in [4.69, 9.17) is 0 Å². The Kier molecular flexibility index (Phi) is 4.49. The topological polar surface area (TPSA) is 61.6 Å². The quantitative estimate of drug-likeness (QED) is 0.884. The third-order valence-electron chi connectivity index (χ3n) is 5.46. The summed E-state index contributed by atoms with van der Waals surface area (Å²) < 4.78 is 1.96. The first-order chi connectivity index (χ1) is 10.6. The van der Waals surface area contributed by atoms with Crippen LogP contribution in [0.3, 0.4) is 0 Å². The van der Waals surface area contributed by atoms with Crippen molar-refractivity contribution in [1.82, 2.24) is 19.6 Å². The van der Waals surface area contributed by atoms with E-state index in [-0.39, 0.29) is 6.04 Å². The molecule has 2 fully saturated rings. The second kappa shape index (κ2) is 6.38. The highest BCUT2D eigenvalue weighted by molar-refractivity contribution is 5.76. The van der Waals surface area contributed by atoms with Gasteiger partial charge in [0, 0.05) is 31.5 Å². The molecule has 2 aliphatic heterocycles. The lowest BCUT2D eigenvalue weighted by Crippen LogP contribution is -2.63. The first-order valence-corrected chi connectivity index (χ1v) is 8.25. The Labute approximate surface area is 131 Å². The van der Waals surface area contributed by atoms with Crippen molar-refractivity contribution in [1.29, 1.82) is 0 Å². The van der Waals surface area contributed by atoms with Gasteiger partial charge in [-0.3, -0.25) is 9.48 Å². The molecule has 0 amide bonds. The lowest BCUT2D eigenvalue weighted by Gasteiger charge is -2.51. The molecular formula is C16H26N4O2. The Bertz CT molecular complexity index is 504. The molecule has 1 N–H and O–H groups in total. The molecule has 2 saturated heterocycles. The number of hydrogen-bond acceptors (Lipinski definition) is 4. The van der Waals surface area contributed by atoms with Crippen LogP contribution in [0.2, 0.25) is 0 Å². The highest BCUT2D eigenvalue weighted by Gasteiger charge is 2.51. The third kappa shape index (κ3) is 2.90. The summed E-state index contributed by atoms with van der Waals surface area (Å²) in [4.78, 5) is 16.6. The van der Waals surface area contributed by atoms with E-state index in [9.17, 15) is 9.90 Å². The maximum absolute atomic E-state index is 11.9. The van der Waals surface area contributed by atoms with Gasteiger partial charge in [0.25, 0.3) is 0 Å². The monoisotopic (exact) mass is 306 g/mol. The zero-order valence-corrected chi connectivity index (χ0v) is 13.3. The van der Waals surface area contributed by atoms with E-state index >= 15 is 0 Å². The summed E-state index contributed by atoms with van der Waals surface area (Å²) in [6.07, 6.45) is 7.45. The standard InChI is InChI=1S/C16H26N4O2/c1-18-8-2-5-16(15(21)22)6-12-19(13-14(16)18)9-4-11-20-10-3-7-17-20/h3,7,10,14H,2,4-6,8-9,11-13H2,1H3,(H,21,22)/t14-,16+/m1/s1. The van der Waals surface area contributed by atoms with E-state index in [1.165, 1.54) is 0 Å². The number of rotatable bonds is 5. The predicted molar refractivity (Wildman–Crippen MR) is 83.6 cm³/mol. The number of piperidine rings is 2. The average molecular weight is 306 g/mol. The van der Waals surface area contributed by atoms with Gasteiger partial charge in [-0.2, -0.15) is 5.10 Å². The van der Waals surface area contributed by atoms with Crippen molar-refractivity contribution in [3.8, 4) is 0 Å². The molecule has 0 radical (unpaired) electrons. The van der Waals surface area contributed by atoms with Crippen LogP contribution in [0.15, 0.2) is 18.5 Å². The van der Waals surface area contributed by atoms with Crippen molar-refractivity contribution in [2.24, 2.45) is 5.41 Å². The number of hydrogen-bond donors (Lipinski definition) is 1. The molecule has 6 nitrogen and oxygen atoms in total. The van der Waals surface area contributed by atoms with Gasteiger partial charge in [0.2, 0.25) is 0 Å². The molecule has 0 aliphatic carbocycles. The summed E-state index contributed by atoms with van der Waals surface area (Å²) in [5.74, 6) is -0.597. The lowest BCUT2D eigenvalue weighted by molar-refractivity contribution is -0.162. The summed E-state index contributed by atoms with van der Waals surface area (Å²) in [5.41, 5.74) is -0.522. The van der Waals surface area contributed by atoms with Crippen molar-refractivity contribution < 1.29 is 9.90 Å². The minimum absolute atomic E-state index is 0.150. The Hall–Kier alpha value is -1.40. The molecule has 22 heavy (non-hydrogen) atoms. The zero-order chi connectivity index (χ0) is 15.6. The van der Waals surface area contributed by atoms with Gasteiger partial charge < -0.3 is 14.9 Å². The van der Waals surface area contributed by atoms with Crippen LogP contribution >= 0.6 is 0 Å². The average Bonchev–Trinajstić information content (AvgIpc) is 3.01. The zero-order valence-electron chi connectivity index (χ0n) is 13.3. The summed E-state index contributed by atoms with van der Waals surface area (Å²) >= 11 is 0. The molecule has 0 aromatic carbocycles. The highest BCUT2D eigenvalue weighted by Crippen LogP contribution is 2.42. The van der Waals surface area contributed by atoms with Crippen LogP contribution in [0.4, 0.5) is 0 Å². The van der Waals surface area contributed by atoms with Crippen LogP contribution in [0, 0.1) is 5.41 Å². The van der Waals surface area contributed by atoms with Gasteiger partial charge in [0.05, 0.1) is 5.41 Å². The van der Waals surface area contributed by atoms with E-state index in [2.05, 4.69) is 21.9 Å². The number of carboxylic acid groups (broad SMARTS) is 1. The normalized spacial score (nSPS) is 30.1. The van der Waals surface area contributed by atoms with E-state index in [0.717, 1.165) is 58.4 Å². The van der Waals surface area contributed by atoms with Gasteiger partial charge in [0.15, 0.2) is 0 Å². The third-order valence-corrected chi connectivity index (χ3v) is 5.46. The van der Waals surface area contributed by atoms with Crippen molar-refractivity contribution in [2.45, 2.75) is 38.3 Å². The molecule has 0 bridgehead atoms. The molecule has 0 spiro atoms. The number of aromatic nitrogens is 2. The lowest BCUT2D eigenvalue weighted by atomic mass is 9.68. The fourth-order valence-electron chi connectivity index (χ4n) is 4.14. The summed E-state index contributed by atoms with van der Waals surface area (Å²) in [6.45, 7) is 4.73. The minimum atomic E-state index is -0.597. The highest BCUT2D eigenvalue weighted by atomic mass is 16.4. The Morgan fingerprint density at radius 2 is 2.23 bits per heavy atom. The Balaban J connectivity index is 1.58. The van der Waals surface area contributed by atoms with Crippen molar-refractivity contribution in [3.63, 3.8) is 0 Å². The van der Waals surface area contributed by atoms with Crippen LogP contribution in [0.1, 0.15) is 25.7 Å². The van der Waals surface area contributed by atoms with Crippen LogP contribution in [-0.4, -0.2) is 69.9 Å². The van der Waals surface area contributed by atoms with Gasteiger partial charge in [-0.15, -0.1) is 0 Å². The Morgan fingerprint density at radius 3 is 2.95 bits per heavy atom. The molecule has 0 saturated carbocycles. The number of carboxylic acids is 1. The number of likely N-dealkylation sites (tertiary alicyclic amines) is 2. The number of aliphatic carboxylic acids is 1. The molecular weight excluding hydrogens is 280 g/mol. The number of aryl methyl sites for hydroxylation is 1. The van der Waals surface area contributed by atoms with Gasteiger partial charge in [-0.25, -0.2) is 0 Å². The van der Waals surface area contributed by atoms with Gasteiger partial charge in [-0.1, -0.05) is 0 Å². The predicted octanol–water partition coefficient (Wildman–Crippen LogP) is 1.14. The summed E-state index contributed by atoms with van der Waals surface area (Å²) in [7, 11) is 2.08. The smallest absolute Gasteiger partial charge is 0.311 e. The van der Waals surface area contributed by atoms with Crippen LogP contribution < -0.4 is 0 Å². The summed E-state index contributed by atoms with van der Waals surface area (Å²) in [6, 6.07) is 2.09. The van der Waals surface area contributed by atoms with Crippen molar-refractivity contribution in [3.05, 3.63) is 18.5 Å². The van der Waals surface area contributed by atoms with Gasteiger partial charge in [0.1, 0.15) is 0 Å². The fraction of sp³-hybridized carbons (Fsp3) is 0.750. The van der Waals surface area contributed by atoms with Gasteiger partial charge in [-0.05, 0) is 58.4 Å². The molecule has 6 heteroatoms. The van der Waals surface area contributed by atoms with Crippen LogP contribution in [0.5, 0.6) is 0 Å². The van der Waals surface area contributed by atoms with Crippen LogP contribution in [0.25, 0.3) is 0 Å². The van der Waals surface area contributed by atoms with E-state index in [1.807, 2.05) is 16.9 Å². The molecule has 3 heterocycles. The molecule has 2 aliphatic rings. The van der Waals surface area contributed by atoms with Crippen molar-refractivity contribution >= 4 is 5.97 Å². The first kappa shape index (κ1) is 15.5. The van der Waals surface area contributed by atoms with E-state index in [1.54, 1.807) is 6.20 Å². The fourth-order valence-corrected chi connectivity index (χ4v) is 4.14. The maximum atomic E-state index is 11.9. The molecule has 2 atom stereocenters. The largest absolute Gasteiger partial charge is 0.481 e. The number of likely N-dealkylation sites (N-methyl/N-ethyl adjacent to an activating group) is 1. The molecule has 122 valence electrons. The number of nitrogens with zero attached hydrogens (tertiary/aromatic N) is 4. The summed E-state index contributed by atoms with van der Waals surface area (Å²) in [5, 5.41) is 14.0. The van der Waals surface area contributed by atoms with E-state index < -0.39 is 11.4 Å². The maximum Gasteiger partial charge on any atom is 0.311 e. The number of carbonyl (C=O) groups is 1. The van der Waals surface area contributed by atoms with Gasteiger partial charge >= 0.3 is 5.97 Å². The molecule has 0 unspecified atom stereocenters. The molecule has 1 aromatic heterocycles. The molecule has 3 rings (SSSR count). The number of fused-ring (bicyclic) bond motifs is 1. The first-order valence-electron chi connectivity index (χ1n) is 8.25. The molecule has 1 aromatic rings. The van der Waals surface area contributed by atoms with E-state index in [0.29, 0.717) is 0 Å². The minimum Gasteiger partial charge on any atom is -0.481 e. The SMILES string of the molecule is CN1CCC[C@]2(C(=O)O)CCN(CCCn3cccn3)C[C@@H]12. The van der Waals surface area contributed by atoms with Crippen molar-refractivity contribution in [2.75, 3.05) is 33.2 Å². The second-order valence-corrected chi connectivity index (χ2v) is 6.73. The second-order valence-electron chi connectivity index (χ2n) is 6.73. The Morgan fingerprint density at radius 1 is 1.36 bits per heavy atom. The van der Waals surface area contributed by atoms with Crippen LogP contribution in [-0.2, 0) is 11.3 Å².